The quantitative estimate of drug-likeness (QED) is 0.737. The molecule has 3 heterocycles. The zero-order valence-electron chi connectivity index (χ0n) is 12.8. The molecule has 0 amide bonds. The molecule has 108 valence electrons. The molecule has 3 heteroatoms. The van der Waals surface area contributed by atoms with Crippen LogP contribution in [0, 0.1) is 5.92 Å². The zero-order chi connectivity index (χ0) is 14.8. The lowest BCUT2D eigenvalue weighted by Crippen LogP contribution is -2.57. The maximum absolute atomic E-state index is 11.9. The van der Waals surface area contributed by atoms with E-state index in [1.165, 1.54) is 22.0 Å². The summed E-state index contributed by atoms with van der Waals surface area (Å²) in [6, 6.07) is 9.13. The number of likely N-dealkylation sites (N-methyl/N-ethyl adjacent to an activating group) is 1. The predicted molar refractivity (Wildman–Crippen MR) is 84.8 cm³/mol. The van der Waals surface area contributed by atoms with Crippen LogP contribution in [-0.4, -0.2) is 41.5 Å². The van der Waals surface area contributed by atoms with Crippen LogP contribution in [0.2, 0.25) is 0 Å². The summed E-state index contributed by atoms with van der Waals surface area (Å²) in [5.74, 6) is 0.322. The lowest BCUT2D eigenvalue weighted by atomic mass is 9.83. The average molecular weight is 281 g/mol. The molecule has 2 aromatic rings. The standard InChI is InChI=1S/C18H21N2O/c1-12(21)14-9-16-15-6-4-5-13-7-8-19(18(13)15)10-17(16)20(2,3)11-14/h4-9,14,17H,10-11H2,1-3H3/q+1/t14-,17-/m1/s1. The fourth-order valence-electron chi connectivity index (χ4n) is 4.06. The van der Waals surface area contributed by atoms with Gasteiger partial charge in [0.2, 0.25) is 0 Å². The van der Waals surface area contributed by atoms with E-state index in [-0.39, 0.29) is 11.7 Å². The summed E-state index contributed by atoms with van der Waals surface area (Å²) in [4.78, 5) is 11.9. The van der Waals surface area contributed by atoms with Gasteiger partial charge in [-0.3, -0.25) is 4.79 Å². The number of carbonyl (C=O) groups is 1. The van der Waals surface area contributed by atoms with Gasteiger partial charge in [0.05, 0.1) is 38.6 Å². The highest BCUT2D eigenvalue weighted by atomic mass is 16.1. The fraction of sp³-hybridized carbons (Fsp3) is 0.389. The van der Waals surface area contributed by atoms with E-state index >= 15 is 0 Å². The van der Waals surface area contributed by atoms with Gasteiger partial charge in [0.25, 0.3) is 0 Å². The molecular weight excluding hydrogens is 260 g/mol. The van der Waals surface area contributed by atoms with E-state index in [2.05, 4.69) is 55.2 Å². The first-order valence-corrected chi connectivity index (χ1v) is 7.60. The summed E-state index contributed by atoms with van der Waals surface area (Å²) < 4.78 is 3.25. The molecule has 0 aliphatic carbocycles. The van der Waals surface area contributed by atoms with Crippen molar-refractivity contribution in [1.82, 2.24) is 4.57 Å². The molecular formula is C18H21N2O+. The number of ketones is 1. The smallest absolute Gasteiger partial charge is 0.142 e. The predicted octanol–water partition coefficient (Wildman–Crippen LogP) is 2.70. The molecule has 4 rings (SSSR count). The molecule has 0 fully saturated rings. The summed E-state index contributed by atoms with van der Waals surface area (Å²) in [5.41, 5.74) is 4.00. The van der Waals surface area contributed by atoms with E-state index in [0.717, 1.165) is 17.6 Å². The fourth-order valence-corrected chi connectivity index (χ4v) is 4.06. The number of hydrogen-bond donors (Lipinski definition) is 0. The van der Waals surface area contributed by atoms with E-state index in [1.807, 2.05) is 0 Å². The van der Waals surface area contributed by atoms with Crippen LogP contribution in [0.3, 0.4) is 0 Å². The number of benzene rings is 1. The van der Waals surface area contributed by atoms with Crippen LogP contribution in [-0.2, 0) is 11.3 Å². The molecule has 0 N–H and O–H groups in total. The number of nitrogens with zero attached hydrogens (tertiary/aromatic N) is 2. The molecule has 0 bridgehead atoms. The number of Topliss-reactive ketones (excluding diaryl/α,β-unsaturated/α-hetero) is 1. The number of hydrogen-bond acceptors (Lipinski definition) is 1. The summed E-state index contributed by atoms with van der Waals surface area (Å²) in [6.45, 7) is 3.62. The molecule has 21 heavy (non-hydrogen) atoms. The van der Waals surface area contributed by atoms with Crippen LogP contribution in [0.5, 0.6) is 0 Å². The van der Waals surface area contributed by atoms with Crippen molar-refractivity contribution in [2.24, 2.45) is 5.92 Å². The number of rotatable bonds is 1. The van der Waals surface area contributed by atoms with E-state index in [1.54, 1.807) is 6.92 Å². The van der Waals surface area contributed by atoms with Gasteiger partial charge in [-0.15, -0.1) is 0 Å². The van der Waals surface area contributed by atoms with E-state index in [9.17, 15) is 4.79 Å². The number of fused-ring (bicyclic) bond motifs is 2. The van der Waals surface area contributed by atoms with Crippen molar-refractivity contribution in [3.8, 4) is 0 Å². The van der Waals surface area contributed by atoms with Gasteiger partial charge in [0.15, 0.2) is 0 Å². The Bertz CT molecular complexity index is 782. The first-order chi connectivity index (χ1) is 9.97. The SMILES string of the molecule is CC(=O)[C@@H]1C=C2c3cccc4ccn(c34)C[C@H]2[N+](C)(C)C1. The molecule has 2 aliphatic rings. The second-order valence-electron chi connectivity index (χ2n) is 7.03. The summed E-state index contributed by atoms with van der Waals surface area (Å²) in [7, 11) is 4.50. The van der Waals surface area contributed by atoms with Crippen molar-refractivity contribution in [2.45, 2.75) is 19.5 Å². The van der Waals surface area contributed by atoms with Gasteiger partial charge in [-0.25, -0.2) is 0 Å². The minimum atomic E-state index is 0.0445. The molecule has 0 radical (unpaired) electrons. The van der Waals surface area contributed by atoms with Crippen LogP contribution in [0.15, 0.2) is 36.5 Å². The third-order valence-corrected chi connectivity index (χ3v) is 5.24. The van der Waals surface area contributed by atoms with Crippen LogP contribution in [0.1, 0.15) is 12.5 Å². The topological polar surface area (TPSA) is 22.0 Å². The highest BCUT2D eigenvalue weighted by molar-refractivity contribution is 5.95. The summed E-state index contributed by atoms with van der Waals surface area (Å²) >= 11 is 0. The van der Waals surface area contributed by atoms with E-state index in [4.69, 9.17) is 0 Å². The Kier molecular flexibility index (Phi) is 2.49. The van der Waals surface area contributed by atoms with E-state index in [0.29, 0.717) is 6.04 Å². The highest BCUT2D eigenvalue weighted by Gasteiger charge is 2.42. The molecule has 0 unspecified atom stereocenters. The molecule has 2 aliphatic heterocycles. The molecule has 0 saturated heterocycles. The molecule has 3 nitrogen and oxygen atoms in total. The molecule has 1 aromatic carbocycles. The number of carbonyl (C=O) groups excluding carboxylic acids is 1. The maximum atomic E-state index is 11.9. The minimum Gasteiger partial charge on any atom is -0.341 e. The lowest BCUT2D eigenvalue weighted by molar-refractivity contribution is -0.910. The summed E-state index contributed by atoms with van der Waals surface area (Å²) in [5, 5.41) is 1.29. The maximum Gasteiger partial charge on any atom is 0.142 e. The monoisotopic (exact) mass is 281 g/mol. The Hall–Kier alpha value is -1.87. The van der Waals surface area contributed by atoms with Gasteiger partial charge in [-0.1, -0.05) is 24.3 Å². The first-order valence-electron chi connectivity index (χ1n) is 7.60. The second kappa shape index (κ2) is 4.08. The summed E-state index contributed by atoms with van der Waals surface area (Å²) in [6.07, 6.45) is 4.43. The number of quaternary nitrogens is 1. The molecule has 2 atom stereocenters. The Morgan fingerprint density at radius 2 is 2.10 bits per heavy atom. The Morgan fingerprint density at radius 1 is 1.29 bits per heavy atom. The van der Waals surface area contributed by atoms with Crippen molar-refractivity contribution in [2.75, 3.05) is 20.6 Å². The average Bonchev–Trinajstić information content (AvgIpc) is 2.84. The molecule has 0 spiro atoms. The van der Waals surface area contributed by atoms with Crippen LogP contribution >= 0.6 is 0 Å². The molecule has 0 saturated carbocycles. The zero-order valence-corrected chi connectivity index (χ0v) is 12.8. The Labute approximate surface area is 125 Å². The minimum absolute atomic E-state index is 0.0445. The third kappa shape index (κ3) is 1.74. The normalized spacial score (nSPS) is 26.3. The van der Waals surface area contributed by atoms with Gasteiger partial charge in [-0.2, -0.15) is 0 Å². The number of para-hydroxylation sites is 1. The second-order valence-corrected chi connectivity index (χ2v) is 7.03. The van der Waals surface area contributed by atoms with Crippen molar-refractivity contribution in [3.05, 3.63) is 42.1 Å². The first kappa shape index (κ1) is 12.8. The van der Waals surface area contributed by atoms with Crippen LogP contribution in [0.25, 0.3) is 16.5 Å². The van der Waals surface area contributed by atoms with Crippen molar-refractivity contribution in [3.63, 3.8) is 0 Å². The van der Waals surface area contributed by atoms with Crippen LogP contribution < -0.4 is 0 Å². The van der Waals surface area contributed by atoms with Gasteiger partial charge >= 0.3 is 0 Å². The lowest BCUT2D eigenvalue weighted by Gasteiger charge is -2.46. The third-order valence-electron chi connectivity index (χ3n) is 5.24. The van der Waals surface area contributed by atoms with Crippen molar-refractivity contribution < 1.29 is 9.28 Å². The van der Waals surface area contributed by atoms with E-state index < -0.39 is 0 Å². The Balaban J connectivity index is 1.98. The van der Waals surface area contributed by atoms with Gasteiger partial charge in [0, 0.05) is 22.7 Å². The number of aromatic nitrogens is 1. The highest BCUT2D eigenvalue weighted by Crippen LogP contribution is 2.40. The van der Waals surface area contributed by atoms with Gasteiger partial charge in [-0.05, 0) is 13.0 Å². The Morgan fingerprint density at radius 3 is 2.86 bits per heavy atom. The van der Waals surface area contributed by atoms with Crippen molar-refractivity contribution in [1.29, 1.82) is 0 Å². The molecule has 1 aromatic heterocycles. The van der Waals surface area contributed by atoms with Crippen LogP contribution in [0.4, 0.5) is 0 Å². The largest absolute Gasteiger partial charge is 0.341 e. The van der Waals surface area contributed by atoms with Gasteiger partial charge in [0.1, 0.15) is 11.8 Å². The van der Waals surface area contributed by atoms with Gasteiger partial charge < -0.3 is 9.05 Å². The van der Waals surface area contributed by atoms with Crippen molar-refractivity contribution >= 4 is 22.3 Å².